The topological polar surface area (TPSA) is 114 Å². The molecule has 1 fully saturated rings. The zero-order valence-corrected chi connectivity index (χ0v) is 22.4. The molecule has 1 unspecified atom stereocenters. The molecule has 0 aliphatic carbocycles. The summed E-state index contributed by atoms with van der Waals surface area (Å²) in [7, 11) is 0. The van der Waals surface area contributed by atoms with Crippen molar-refractivity contribution in [1.29, 1.82) is 0 Å². The first-order chi connectivity index (χ1) is 19.3. The lowest BCUT2D eigenvalue weighted by atomic mass is 10.1. The molecule has 206 valence electrons. The molecule has 2 aliphatic rings. The number of benzene rings is 3. The van der Waals surface area contributed by atoms with E-state index in [-0.39, 0.29) is 42.2 Å². The fourth-order valence-corrected chi connectivity index (χ4v) is 4.76. The Morgan fingerprint density at radius 2 is 1.68 bits per heavy atom. The first-order valence-corrected chi connectivity index (χ1v) is 13.4. The monoisotopic (exact) mass is 541 g/mol. The molecular formula is C31H31N3O6. The summed E-state index contributed by atoms with van der Waals surface area (Å²) in [5.41, 5.74) is 2.23. The second-order valence-corrected chi connectivity index (χ2v) is 10.4. The molecule has 0 aromatic heterocycles. The summed E-state index contributed by atoms with van der Waals surface area (Å²) in [5, 5.41) is 5.67. The Bertz CT molecular complexity index is 1440. The minimum Gasteiger partial charge on any atom is -0.457 e. The molecule has 9 nitrogen and oxygen atoms in total. The molecule has 0 spiro atoms. The summed E-state index contributed by atoms with van der Waals surface area (Å²) in [4.78, 5) is 51.7. The van der Waals surface area contributed by atoms with Gasteiger partial charge in [0.15, 0.2) is 0 Å². The highest BCUT2D eigenvalue weighted by Crippen LogP contribution is 2.31. The normalized spacial score (nSPS) is 16.3. The van der Waals surface area contributed by atoms with Crippen molar-refractivity contribution in [2.75, 3.05) is 23.8 Å². The fourth-order valence-electron chi connectivity index (χ4n) is 4.76. The highest BCUT2D eigenvalue weighted by Gasteiger charge is 2.37. The Hall–Kier alpha value is -4.50. The van der Waals surface area contributed by atoms with Crippen LogP contribution in [0.15, 0.2) is 66.7 Å². The molecule has 1 atom stereocenters. The number of ether oxygens (including phenoxy) is 2. The number of hydrogen-bond donors (Lipinski definition) is 2. The number of hydrogen-bond acceptors (Lipinski definition) is 6. The van der Waals surface area contributed by atoms with Gasteiger partial charge in [-0.2, -0.15) is 0 Å². The number of nitrogens with one attached hydrogen (secondary N) is 2. The van der Waals surface area contributed by atoms with Crippen molar-refractivity contribution < 1.29 is 28.7 Å². The van der Waals surface area contributed by atoms with Crippen LogP contribution >= 0.6 is 0 Å². The van der Waals surface area contributed by atoms with E-state index in [2.05, 4.69) is 10.6 Å². The Kier molecular flexibility index (Phi) is 7.93. The van der Waals surface area contributed by atoms with Gasteiger partial charge in [-0.15, -0.1) is 0 Å². The minimum atomic E-state index is -0.354. The van der Waals surface area contributed by atoms with Crippen molar-refractivity contribution in [3.63, 3.8) is 0 Å². The Balaban J connectivity index is 1.21. The molecular weight excluding hydrogens is 510 g/mol. The second kappa shape index (κ2) is 11.7. The van der Waals surface area contributed by atoms with Crippen molar-refractivity contribution in [3.8, 4) is 11.5 Å². The molecule has 2 N–H and O–H groups in total. The van der Waals surface area contributed by atoms with Gasteiger partial charge in [-0.25, -0.2) is 0 Å². The molecule has 2 heterocycles. The van der Waals surface area contributed by atoms with Crippen molar-refractivity contribution in [2.45, 2.75) is 39.2 Å². The molecule has 9 heteroatoms. The quantitative estimate of drug-likeness (QED) is 0.346. The summed E-state index contributed by atoms with van der Waals surface area (Å²) < 4.78 is 11.6. The summed E-state index contributed by atoms with van der Waals surface area (Å²) >= 11 is 0. The highest BCUT2D eigenvalue weighted by atomic mass is 16.5. The number of imide groups is 1. The van der Waals surface area contributed by atoms with Crippen LogP contribution in [0.5, 0.6) is 11.5 Å². The third-order valence-electron chi connectivity index (χ3n) is 6.70. The van der Waals surface area contributed by atoms with Crippen molar-refractivity contribution >= 4 is 35.0 Å². The van der Waals surface area contributed by atoms with Gasteiger partial charge in [-0.05, 0) is 73.4 Å². The average molecular weight is 542 g/mol. The largest absolute Gasteiger partial charge is 0.457 e. The lowest BCUT2D eigenvalue weighted by Crippen LogP contribution is -2.36. The van der Waals surface area contributed by atoms with E-state index < -0.39 is 0 Å². The second-order valence-electron chi connectivity index (χ2n) is 10.4. The van der Waals surface area contributed by atoms with Crippen LogP contribution in [-0.4, -0.2) is 47.8 Å². The van der Waals surface area contributed by atoms with Crippen LogP contribution in [0.3, 0.4) is 0 Å². The standard InChI is InChI=1S/C31H31N3O6/c1-19(2)15-28(35)32-21-10-8-20(9-11-21)29(36)33-22-5-3-6-23(16-22)40-24-12-13-26-27(17-24)31(38)34(30(26)37)18-25-7-4-14-39-25/h3,5-6,8-13,16-17,19,25H,4,7,14-15,18H2,1-2H3,(H,32,35)(H,33,36). The van der Waals surface area contributed by atoms with Crippen LogP contribution in [-0.2, 0) is 9.53 Å². The van der Waals surface area contributed by atoms with Gasteiger partial charge < -0.3 is 20.1 Å². The number of fused-ring (bicyclic) bond motifs is 1. The van der Waals surface area contributed by atoms with Crippen molar-refractivity contribution in [3.05, 3.63) is 83.4 Å². The maximum atomic E-state index is 13.0. The molecule has 3 aromatic rings. The van der Waals surface area contributed by atoms with Crippen molar-refractivity contribution in [2.24, 2.45) is 5.92 Å². The van der Waals surface area contributed by atoms with Gasteiger partial charge in [0.05, 0.1) is 23.8 Å². The number of carbonyl (C=O) groups excluding carboxylic acids is 4. The zero-order chi connectivity index (χ0) is 28.2. The van der Waals surface area contributed by atoms with E-state index in [1.54, 1.807) is 66.7 Å². The van der Waals surface area contributed by atoms with Crippen LogP contribution in [0.25, 0.3) is 0 Å². The van der Waals surface area contributed by atoms with E-state index in [0.29, 0.717) is 52.6 Å². The number of nitrogens with zero attached hydrogens (tertiary/aromatic N) is 1. The Morgan fingerprint density at radius 1 is 0.925 bits per heavy atom. The van der Waals surface area contributed by atoms with E-state index in [9.17, 15) is 19.2 Å². The predicted octanol–water partition coefficient (Wildman–Crippen LogP) is 5.49. The summed E-state index contributed by atoms with van der Waals surface area (Å²) in [6, 6.07) is 18.4. The first-order valence-electron chi connectivity index (χ1n) is 13.4. The van der Waals surface area contributed by atoms with Crippen LogP contribution < -0.4 is 15.4 Å². The van der Waals surface area contributed by atoms with Gasteiger partial charge in [0, 0.05) is 36.0 Å². The number of carbonyl (C=O) groups is 4. The average Bonchev–Trinajstić information content (AvgIpc) is 3.52. The predicted molar refractivity (Wildman–Crippen MR) is 150 cm³/mol. The van der Waals surface area contributed by atoms with Gasteiger partial charge >= 0.3 is 0 Å². The molecule has 4 amide bonds. The third-order valence-corrected chi connectivity index (χ3v) is 6.70. The van der Waals surface area contributed by atoms with Gasteiger partial charge in [-0.3, -0.25) is 24.1 Å². The van der Waals surface area contributed by atoms with E-state index in [1.807, 2.05) is 13.8 Å². The van der Waals surface area contributed by atoms with E-state index in [4.69, 9.17) is 9.47 Å². The van der Waals surface area contributed by atoms with Gasteiger partial charge in [0.2, 0.25) is 5.91 Å². The Morgan fingerprint density at radius 3 is 2.40 bits per heavy atom. The molecule has 0 bridgehead atoms. The SMILES string of the molecule is CC(C)CC(=O)Nc1ccc(C(=O)Nc2cccc(Oc3ccc4c(c3)C(=O)N(CC3CCCO3)C4=O)c2)cc1. The molecule has 40 heavy (non-hydrogen) atoms. The maximum absolute atomic E-state index is 13.0. The molecule has 1 saturated heterocycles. The first kappa shape index (κ1) is 27.1. The zero-order valence-electron chi connectivity index (χ0n) is 22.4. The number of anilines is 2. The number of rotatable bonds is 9. The summed E-state index contributed by atoms with van der Waals surface area (Å²) in [6.07, 6.45) is 2.06. The maximum Gasteiger partial charge on any atom is 0.261 e. The van der Waals surface area contributed by atoms with Crippen LogP contribution in [0, 0.1) is 5.92 Å². The lowest BCUT2D eigenvalue weighted by molar-refractivity contribution is -0.116. The molecule has 0 saturated carbocycles. The number of amides is 4. The third kappa shape index (κ3) is 6.21. The molecule has 2 aliphatic heterocycles. The van der Waals surface area contributed by atoms with Crippen LogP contribution in [0.4, 0.5) is 11.4 Å². The van der Waals surface area contributed by atoms with Gasteiger partial charge in [0.25, 0.3) is 17.7 Å². The Labute approximate surface area is 232 Å². The van der Waals surface area contributed by atoms with Crippen molar-refractivity contribution in [1.82, 2.24) is 4.90 Å². The fraction of sp³-hybridized carbons (Fsp3) is 0.290. The molecule has 5 rings (SSSR count). The van der Waals surface area contributed by atoms with E-state index in [1.165, 1.54) is 4.90 Å². The minimum absolute atomic E-state index is 0.0700. The van der Waals surface area contributed by atoms with E-state index >= 15 is 0 Å². The summed E-state index contributed by atoms with van der Waals surface area (Å²) in [6.45, 7) is 4.85. The highest BCUT2D eigenvalue weighted by molar-refractivity contribution is 6.21. The smallest absolute Gasteiger partial charge is 0.261 e. The van der Waals surface area contributed by atoms with E-state index in [0.717, 1.165) is 12.8 Å². The van der Waals surface area contributed by atoms with Gasteiger partial charge in [0.1, 0.15) is 11.5 Å². The van der Waals surface area contributed by atoms with Crippen LogP contribution in [0.2, 0.25) is 0 Å². The summed E-state index contributed by atoms with van der Waals surface area (Å²) in [5.74, 6) is 0.0486. The van der Waals surface area contributed by atoms with Crippen LogP contribution in [0.1, 0.15) is 64.2 Å². The molecule has 0 radical (unpaired) electrons. The molecule has 3 aromatic carbocycles. The van der Waals surface area contributed by atoms with Gasteiger partial charge in [-0.1, -0.05) is 19.9 Å². The lowest BCUT2D eigenvalue weighted by Gasteiger charge is -2.17.